The molecule has 22 heavy (non-hydrogen) atoms. The lowest BCUT2D eigenvalue weighted by molar-refractivity contribution is -0.182. The van der Waals surface area contributed by atoms with Crippen LogP contribution in [-0.2, 0) is 11.3 Å². The predicted molar refractivity (Wildman–Crippen MR) is 83.6 cm³/mol. The minimum absolute atomic E-state index is 0.196. The molecular formula is C19H24O3. The van der Waals surface area contributed by atoms with E-state index in [-0.39, 0.29) is 5.41 Å². The van der Waals surface area contributed by atoms with E-state index in [1.165, 1.54) is 19.3 Å². The van der Waals surface area contributed by atoms with E-state index in [0.29, 0.717) is 24.0 Å². The quantitative estimate of drug-likeness (QED) is 0.848. The molecule has 0 radical (unpaired) electrons. The highest BCUT2D eigenvalue weighted by Gasteiger charge is 2.57. The molecule has 1 aromatic carbocycles. The second kappa shape index (κ2) is 5.17. The largest absolute Gasteiger partial charge is 0.390 e. The van der Waals surface area contributed by atoms with Gasteiger partial charge in [0.15, 0.2) is 0 Å². The third-order valence-electron chi connectivity index (χ3n) is 5.92. The van der Waals surface area contributed by atoms with Crippen LogP contribution < -0.4 is 0 Å². The van der Waals surface area contributed by atoms with E-state index in [2.05, 4.69) is 0 Å². The number of hydrogen-bond donors (Lipinski definition) is 1. The molecular weight excluding hydrogens is 276 g/mol. The van der Waals surface area contributed by atoms with Gasteiger partial charge in [0.2, 0.25) is 0 Å². The van der Waals surface area contributed by atoms with Crippen molar-refractivity contribution >= 4 is 6.29 Å². The molecule has 1 aromatic rings. The average Bonchev–Trinajstić information content (AvgIpc) is 2.44. The molecule has 0 aromatic heterocycles. The minimum atomic E-state index is -0.412. The van der Waals surface area contributed by atoms with Gasteiger partial charge in [0, 0.05) is 5.56 Å². The maximum Gasteiger partial charge on any atom is 0.150 e. The normalized spacial score (nSPS) is 39.1. The summed E-state index contributed by atoms with van der Waals surface area (Å²) < 4.78 is 6.02. The van der Waals surface area contributed by atoms with E-state index in [1.807, 2.05) is 24.3 Å². The Hall–Kier alpha value is -1.19. The molecule has 0 heterocycles. The fraction of sp³-hybridized carbons (Fsp3) is 0.632. The van der Waals surface area contributed by atoms with Gasteiger partial charge in [0.1, 0.15) is 6.29 Å². The van der Waals surface area contributed by atoms with Crippen molar-refractivity contribution in [1.82, 2.24) is 0 Å². The summed E-state index contributed by atoms with van der Waals surface area (Å²) in [5.41, 5.74) is 1.53. The van der Waals surface area contributed by atoms with Crippen molar-refractivity contribution in [3.8, 4) is 0 Å². The molecule has 1 N–H and O–H groups in total. The van der Waals surface area contributed by atoms with Gasteiger partial charge in [0.25, 0.3) is 0 Å². The van der Waals surface area contributed by atoms with E-state index < -0.39 is 5.60 Å². The molecule has 2 atom stereocenters. The molecule has 2 unspecified atom stereocenters. The van der Waals surface area contributed by atoms with Crippen LogP contribution in [0.15, 0.2) is 24.3 Å². The topological polar surface area (TPSA) is 46.5 Å². The van der Waals surface area contributed by atoms with E-state index in [1.54, 1.807) is 0 Å². The minimum Gasteiger partial charge on any atom is -0.390 e. The van der Waals surface area contributed by atoms with Crippen LogP contribution in [0.25, 0.3) is 0 Å². The smallest absolute Gasteiger partial charge is 0.150 e. The van der Waals surface area contributed by atoms with Crippen molar-refractivity contribution in [3.05, 3.63) is 35.4 Å². The van der Waals surface area contributed by atoms with Crippen LogP contribution >= 0.6 is 0 Å². The number of benzene rings is 1. The van der Waals surface area contributed by atoms with Crippen molar-refractivity contribution < 1.29 is 14.6 Å². The van der Waals surface area contributed by atoms with Crippen LogP contribution in [0.1, 0.15) is 54.4 Å². The number of ether oxygens (including phenoxy) is 1. The Kier molecular flexibility index (Phi) is 3.39. The summed E-state index contributed by atoms with van der Waals surface area (Å²) in [4.78, 5) is 10.8. The average molecular weight is 300 g/mol. The molecule has 118 valence electrons. The van der Waals surface area contributed by atoms with E-state index >= 15 is 0 Å². The summed E-state index contributed by atoms with van der Waals surface area (Å²) >= 11 is 0. The highest BCUT2D eigenvalue weighted by Crippen LogP contribution is 2.61. The summed E-state index contributed by atoms with van der Waals surface area (Å²) in [6.07, 6.45) is 7.56. The van der Waals surface area contributed by atoms with Crippen LogP contribution in [0.4, 0.5) is 0 Å². The Labute approximate surface area is 131 Å². The maximum atomic E-state index is 10.8. The Balaban J connectivity index is 1.40. The zero-order valence-corrected chi connectivity index (χ0v) is 13.0. The highest BCUT2D eigenvalue weighted by molar-refractivity contribution is 5.74. The van der Waals surface area contributed by atoms with Crippen LogP contribution in [0.2, 0.25) is 0 Å². The van der Waals surface area contributed by atoms with Gasteiger partial charge in [-0.05, 0) is 67.4 Å². The number of carbonyl (C=O) groups is 1. The lowest BCUT2D eigenvalue weighted by Crippen LogP contribution is -2.56. The van der Waals surface area contributed by atoms with Gasteiger partial charge in [-0.3, -0.25) is 4.79 Å². The predicted octanol–water partition coefficient (Wildman–Crippen LogP) is 3.35. The Morgan fingerprint density at radius 2 is 2.00 bits per heavy atom. The fourth-order valence-corrected chi connectivity index (χ4v) is 5.71. The number of aliphatic hydroxyl groups is 1. The molecule has 4 aliphatic carbocycles. The Bertz CT molecular complexity index is 566. The molecule has 0 spiro atoms. The molecule has 4 aliphatic rings. The number of carbonyl (C=O) groups excluding carboxylic acids is 1. The third kappa shape index (κ3) is 2.61. The third-order valence-corrected chi connectivity index (χ3v) is 5.92. The zero-order valence-electron chi connectivity index (χ0n) is 13.0. The van der Waals surface area contributed by atoms with Crippen LogP contribution in [0.3, 0.4) is 0 Å². The SMILES string of the molecule is O=Cc1cccc(COCC23CC4CC(CC(O)(C4)C2)C3)c1. The highest BCUT2D eigenvalue weighted by atomic mass is 16.5. The van der Waals surface area contributed by atoms with Crippen molar-refractivity contribution in [3.63, 3.8) is 0 Å². The maximum absolute atomic E-state index is 10.8. The summed E-state index contributed by atoms with van der Waals surface area (Å²) in [7, 11) is 0. The van der Waals surface area contributed by atoms with Gasteiger partial charge >= 0.3 is 0 Å². The van der Waals surface area contributed by atoms with E-state index in [0.717, 1.165) is 37.7 Å². The molecule has 4 fully saturated rings. The number of aldehydes is 1. The molecule has 3 nitrogen and oxygen atoms in total. The molecule has 0 amide bonds. The molecule has 3 heteroatoms. The summed E-state index contributed by atoms with van der Waals surface area (Å²) in [5.74, 6) is 1.40. The summed E-state index contributed by atoms with van der Waals surface area (Å²) in [6, 6.07) is 7.60. The van der Waals surface area contributed by atoms with Gasteiger partial charge in [-0.15, -0.1) is 0 Å². The fourth-order valence-electron chi connectivity index (χ4n) is 5.71. The van der Waals surface area contributed by atoms with Crippen molar-refractivity contribution in [2.45, 2.75) is 50.7 Å². The summed E-state index contributed by atoms with van der Waals surface area (Å²) in [5, 5.41) is 10.8. The molecule has 0 aliphatic heterocycles. The van der Waals surface area contributed by atoms with Crippen LogP contribution in [0, 0.1) is 17.3 Å². The van der Waals surface area contributed by atoms with Gasteiger partial charge < -0.3 is 9.84 Å². The van der Waals surface area contributed by atoms with Gasteiger partial charge in [-0.1, -0.05) is 18.2 Å². The standard InChI is InChI=1S/C19H24O3/c20-10-14-2-1-3-15(4-14)11-22-13-18-6-16-5-17(7-18)9-19(21,8-16)12-18/h1-4,10,16-17,21H,5-9,11-13H2. The Morgan fingerprint density at radius 1 is 1.23 bits per heavy atom. The first-order valence-corrected chi connectivity index (χ1v) is 8.42. The zero-order chi connectivity index (χ0) is 15.2. The van der Waals surface area contributed by atoms with Crippen LogP contribution in [0.5, 0.6) is 0 Å². The lowest BCUT2D eigenvalue weighted by atomic mass is 9.48. The van der Waals surface area contributed by atoms with Crippen molar-refractivity contribution in [2.24, 2.45) is 17.3 Å². The van der Waals surface area contributed by atoms with Gasteiger partial charge in [0.05, 0.1) is 18.8 Å². The first-order chi connectivity index (χ1) is 10.6. The molecule has 5 rings (SSSR count). The number of rotatable bonds is 5. The van der Waals surface area contributed by atoms with Gasteiger partial charge in [-0.25, -0.2) is 0 Å². The summed E-state index contributed by atoms with van der Waals surface area (Å²) in [6.45, 7) is 1.30. The molecule has 4 bridgehead atoms. The Morgan fingerprint density at radius 3 is 2.68 bits per heavy atom. The first kappa shape index (κ1) is 14.4. The van der Waals surface area contributed by atoms with Crippen LogP contribution in [-0.4, -0.2) is 23.6 Å². The lowest BCUT2D eigenvalue weighted by Gasteiger charge is -2.60. The monoisotopic (exact) mass is 300 g/mol. The van der Waals surface area contributed by atoms with E-state index in [9.17, 15) is 9.90 Å². The van der Waals surface area contributed by atoms with Crippen molar-refractivity contribution in [1.29, 1.82) is 0 Å². The second-order valence-corrected chi connectivity index (χ2v) is 8.04. The molecule has 0 saturated heterocycles. The second-order valence-electron chi connectivity index (χ2n) is 8.04. The van der Waals surface area contributed by atoms with E-state index in [4.69, 9.17) is 4.74 Å². The van der Waals surface area contributed by atoms with Crippen molar-refractivity contribution in [2.75, 3.05) is 6.61 Å². The first-order valence-electron chi connectivity index (χ1n) is 8.42. The molecule has 4 saturated carbocycles. The van der Waals surface area contributed by atoms with Gasteiger partial charge in [-0.2, -0.15) is 0 Å². The number of hydrogen-bond acceptors (Lipinski definition) is 3.